The number of carboxylic acid groups (broad SMARTS) is 2. The molecular formula is C33H40O6. The van der Waals surface area contributed by atoms with Gasteiger partial charge in [0.1, 0.15) is 11.5 Å². The van der Waals surface area contributed by atoms with E-state index in [2.05, 4.69) is 0 Å². The molecule has 0 saturated heterocycles. The summed E-state index contributed by atoms with van der Waals surface area (Å²) in [6, 6.07) is 17.0. The molecule has 0 heterocycles. The quantitative estimate of drug-likeness (QED) is 0.223. The van der Waals surface area contributed by atoms with Crippen LogP contribution in [-0.4, -0.2) is 32.4 Å². The minimum absolute atomic E-state index is 0.0477. The third-order valence-corrected chi connectivity index (χ3v) is 7.02. The van der Waals surface area contributed by atoms with Crippen molar-refractivity contribution in [2.45, 2.75) is 84.0 Å². The van der Waals surface area contributed by atoms with E-state index in [0.29, 0.717) is 35.1 Å². The molecular weight excluding hydrogens is 492 g/mol. The molecule has 0 aromatic heterocycles. The molecule has 208 valence electrons. The molecule has 6 nitrogen and oxygen atoms in total. The molecule has 0 fully saturated rings. The molecule has 4 N–H and O–H groups in total. The van der Waals surface area contributed by atoms with Crippen LogP contribution in [0, 0.1) is 0 Å². The minimum atomic E-state index is -0.903. The highest BCUT2D eigenvalue weighted by molar-refractivity contribution is 5.68. The Balaban J connectivity index is 2.40. The SMILES string of the molecule is CC(C)(C)c1cc(CCC(=O)O)cc(C(c2ccccc2)c2cc(CCC(=O)O)cc(C(C)(C)C)c2O)c1O. The Morgan fingerprint density at radius 1 is 0.667 bits per heavy atom. The lowest BCUT2D eigenvalue weighted by molar-refractivity contribution is -0.138. The van der Waals surface area contributed by atoms with Gasteiger partial charge < -0.3 is 20.4 Å². The molecule has 0 amide bonds. The van der Waals surface area contributed by atoms with Gasteiger partial charge in [-0.1, -0.05) is 96.1 Å². The summed E-state index contributed by atoms with van der Waals surface area (Å²) >= 11 is 0. The molecule has 3 aromatic carbocycles. The van der Waals surface area contributed by atoms with E-state index in [0.717, 1.165) is 16.7 Å². The summed E-state index contributed by atoms with van der Waals surface area (Å²) < 4.78 is 0. The van der Waals surface area contributed by atoms with Gasteiger partial charge in [0.25, 0.3) is 0 Å². The molecule has 0 aliphatic heterocycles. The van der Waals surface area contributed by atoms with Gasteiger partial charge in [-0.3, -0.25) is 9.59 Å². The number of carboxylic acids is 2. The fourth-order valence-corrected chi connectivity index (χ4v) is 4.98. The number of hydrogen-bond acceptors (Lipinski definition) is 4. The maximum atomic E-state index is 11.7. The summed E-state index contributed by atoms with van der Waals surface area (Å²) in [6.07, 6.45) is 0.498. The van der Waals surface area contributed by atoms with Crippen LogP contribution >= 0.6 is 0 Å². The standard InChI is InChI=1S/C33H40O6/c1-32(2,3)25-18-20(12-14-27(34)35)16-23(30(25)38)29(22-10-8-7-9-11-22)24-17-21(13-15-28(36)37)19-26(31(24)39)33(4,5)6/h7-11,16-19,29,38-39H,12-15H2,1-6H3,(H,34,35)(H,36,37). The molecule has 0 saturated carbocycles. The molecule has 0 spiro atoms. The van der Waals surface area contributed by atoms with Crippen LogP contribution in [0.4, 0.5) is 0 Å². The van der Waals surface area contributed by atoms with Gasteiger partial charge in [-0.15, -0.1) is 0 Å². The van der Waals surface area contributed by atoms with E-state index in [1.807, 2.05) is 96.1 Å². The molecule has 0 atom stereocenters. The van der Waals surface area contributed by atoms with Gasteiger partial charge in [0.15, 0.2) is 0 Å². The van der Waals surface area contributed by atoms with Crippen LogP contribution in [0.25, 0.3) is 0 Å². The highest BCUT2D eigenvalue weighted by Crippen LogP contribution is 2.47. The average molecular weight is 533 g/mol. The summed E-state index contributed by atoms with van der Waals surface area (Å²) in [7, 11) is 0. The van der Waals surface area contributed by atoms with Crippen LogP contribution in [0.15, 0.2) is 54.6 Å². The molecule has 6 heteroatoms. The summed E-state index contributed by atoms with van der Waals surface area (Å²) in [5.74, 6) is -2.19. The molecule has 3 aromatic rings. The number of phenolic OH excluding ortho intramolecular Hbond substituents is 2. The first kappa shape index (κ1) is 29.8. The van der Waals surface area contributed by atoms with Crippen LogP contribution in [0.3, 0.4) is 0 Å². The van der Waals surface area contributed by atoms with Crippen molar-refractivity contribution in [1.29, 1.82) is 0 Å². The Bertz CT molecular complexity index is 1260. The fourth-order valence-electron chi connectivity index (χ4n) is 4.98. The lowest BCUT2D eigenvalue weighted by Crippen LogP contribution is -2.17. The summed E-state index contributed by atoms with van der Waals surface area (Å²) in [6.45, 7) is 12.0. The first-order valence-electron chi connectivity index (χ1n) is 13.3. The normalized spacial score (nSPS) is 12.1. The molecule has 39 heavy (non-hydrogen) atoms. The molecule has 0 aliphatic carbocycles. The third-order valence-electron chi connectivity index (χ3n) is 7.02. The van der Waals surface area contributed by atoms with Crippen molar-refractivity contribution < 1.29 is 30.0 Å². The Kier molecular flexibility index (Phi) is 8.79. The molecule has 0 radical (unpaired) electrons. The maximum absolute atomic E-state index is 11.7. The topological polar surface area (TPSA) is 115 Å². The zero-order valence-electron chi connectivity index (χ0n) is 23.7. The predicted molar refractivity (Wildman–Crippen MR) is 153 cm³/mol. The van der Waals surface area contributed by atoms with Gasteiger partial charge in [-0.25, -0.2) is 0 Å². The Morgan fingerprint density at radius 3 is 1.38 bits per heavy atom. The smallest absolute Gasteiger partial charge is 0.303 e. The van der Waals surface area contributed by atoms with Gasteiger partial charge in [0.2, 0.25) is 0 Å². The monoisotopic (exact) mass is 532 g/mol. The van der Waals surface area contributed by atoms with Crippen molar-refractivity contribution >= 4 is 11.9 Å². The van der Waals surface area contributed by atoms with E-state index in [4.69, 9.17) is 0 Å². The van der Waals surface area contributed by atoms with E-state index >= 15 is 0 Å². The van der Waals surface area contributed by atoms with Crippen LogP contribution in [0.2, 0.25) is 0 Å². The van der Waals surface area contributed by atoms with Crippen LogP contribution in [0.5, 0.6) is 11.5 Å². The van der Waals surface area contributed by atoms with Crippen molar-refractivity contribution in [3.63, 3.8) is 0 Å². The maximum Gasteiger partial charge on any atom is 0.303 e. The third kappa shape index (κ3) is 7.20. The van der Waals surface area contributed by atoms with Gasteiger partial charge in [-0.2, -0.15) is 0 Å². The predicted octanol–water partition coefficient (Wildman–Crippen LogP) is 6.91. The van der Waals surface area contributed by atoms with Crippen molar-refractivity contribution in [2.24, 2.45) is 0 Å². The zero-order valence-corrected chi connectivity index (χ0v) is 23.7. The van der Waals surface area contributed by atoms with Gasteiger partial charge in [-0.05, 0) is 51.5 Å². The second-order valence-corrected chi connectivity index (χ2v) is 12.3. The van der Waals surface area contributed by atoms with Gasteiger partial charge in [0.05, 0.1) is 0 Å². The van der Waals surface area contributed by atoms with Crippen LogP contribution in [-0.2, 0) is 33.3 Å². The summed E-state index contributed by atoms with van der Waals surface area (Å²) in [5.41, 5.74) is 4.08. The Labute approximate surface area is 231 Å². The summed E-state index contributed by atoms with van der Waals surface area (Å²) in [5, 5.41) is 42.1. The second kappa shape index (κ2) is 11.5. The highest BCUT2D eigenvalue weighted by atomic mass is 16.4. The number of hydrogen-bond donors (Lipinski definition) is 4. The first-order chi connectivity index (χ1) is 18.1. The lowest BCUT2D eigenvalue weighted by atomic mass is 9.75. The average Bonchev–Trinajstić information content (AvgIpc) is 2.83. The number of benzene rings is 3. The number of aliphatic carboxylic acids is 2. The van der Waals surface area contributed by atoms with Crippen LogP contribution in [0.1, 0.15) is 99.2 Å². The number of aryl methyl sites for hydroxylation is 2. The molecule has 3 rings (SSSR count). The zero-order chi connectivity index (χ0) is 29.1. The Hall–Kier alpha value is -3.80. The van der Waals surface area contributed by atoms with Crippen molar-refractivity contribution in [2.75, 3.05) is 0 Å². The number of carbonyl (C=O) groups is 2. The second-order valence-electron chi connectivity index (χ2n) is 12.3. The van der Waals surface area contributed by atoms with E-state index in [-0.39, 0.29) is 24.3 Å². The van der Waals surface area contributed by atoms with E-state index in [9.17, 15) is 30.0 Å². The van der Waals surface area contributed by atoms with Crippen LogP contribution < -0.4 is 0 Å². The lowest BCUT2D eigenvalue weighted by Gasteiger charge is -2.30. The van der Waals surface area contributed by atoms with E-state index in [1.165, 1.54) is 0 Å². The highest BCUT2D eigenvalue weighted by Gasteiger charge is 2.31. The molecule has 0 aliphatic rings. The minimum Gasteiger partial charge on any atom is -0.507 e. The number of phenols is 2. The fraction of sp³-hybridized carbons (Fsp3) is 0.394. The largest absolute Gasteiger partial charge is 0.507 e. The van der Waals surface area contributed by atoms with Crippen molar-refractivity contribution in [3.05, 3.63) is 93.5 Å². The summed E-state index contributed by atoms with van der Waals surface area (Å²) in [4.78, 5) is 22.8. The van der Waals surface area contributed by atoms with E-state index < -0.39 is 28.7 Å². The van der Waals surface area contributed by atoms with E-state index in [1.54, 1.807) is 0 Å². The van der Waals surface area contributed by atoms with Crippen molar-refractivity contribution in [1.82, 2.24) is 0 Å². The Morgan fingerprint density at radius 2 is 1.05 bits per heavy atom. The molecule has 0 unspecified atom stereocenters. The van der Waals surface area contributed by atoms with Crippen molar-refractivity contribution in [3.8, 4) is 11.5 Å². The number of rotatable bonds is 9. The van der Waals surface area contributed by atoms with Gasteiger partial charge >= 0.3 is 11.9 Å². The first-order valence-corrected chi connectivity index (χ1v) is 13.3. The molecule has 0 bridgehead atoms. The van der Waals surface area contributed by atoms with Gasteiger partial charge in [0, 0.05) is 29.9 Å². The number of aromatic hydroxyl groups is 2.